The van der Waals surface area contributed by atoms with Crippen LogP contribution in [0.25, 0.3) is 0 Å². The average molecular weight is 341 g/mol. The number of carbonyl (C=O) groups excluding carboxylic acids is 1. The zero-order valence-corrected chi connectivity index (χ0v) is 14.2. The summed E-state index contributed by atoms with van der Waals surface area (Å²) in [7, 11) is 0. The minimum Gasteiger partial charge on any atom is -0.354 e. The van der Waals surface area contributed by atoms with E-state index >= 15 is 0 Å². The number of halogens is 1. The minimum absolute atomic E-state index is 0.0855. The van der Waals surface area contributed by atoms with Gasteiger partial charge < -0.3 is 10.6 Å². The molecule has 1 aliphatic carbocycles. The molecule has 2 aromatic carbocycles. The molecular weight excluding hydrogens is 320 g/mol. The van der Waals surface area contributed by atoms with E-state index in [0.717, 1.165) is 24.4 Å². The van der Waals surface area contributed by atoms with Crippen LogP contribution in [0.15, 0.2) is 48.5 Å². The third-order valence-corrected chi connectivity index (χ3v) is 5.34. The molecular formula is C20H21ClN2O. The summed E-state index contributed by atoms with van der Waals surface area (Å²) < 4.78 is 0. The Hall–Kier alpha value is -1.84. The van der Waals surface area contributed by atoms with Crippen LogP contribution in [0.4, 0.5) is 0 Å². The first kappa shape index (κ1) is 15.7. The monoisotopic (exact) mass is 340 g/mol. The number of fused-ring (bicyclic) bond motifs is 1. The molecule has 124 valence electrons. The number of carbonyl (C=O) groups is 1. The molecule has 2 aromatic rings. The zero-order valence-electron chi connectivity index (χ0n) is 13.5. The molecule has 1 fully saturated rings. The lowest BCUT2D eigenvalue weighted by molar-refractivity contribution is -0.122. The molecule has 2 N–H and O–H groups in total. The summed E-state index contributed by atoms with van der Waals surface area (Å²) >= 11 is 6.05. The van der Waals surface area contributed by atoms with E-state index in [1.807, 2.05) is 18.2 Å². The number of hydrogen-bond acceptors (Lipinski definition) is 2. The lowest BCUT2D eigenvalue weighted by Crippen LogP contribution is -2.39. The van der Waals surface area contributed by atoms with Crippen molar-refractivity contribution in [1.82, 2.24) is 10.6 Å². The number of rotatable bonds is 4. The predicted octanol–water partition coefficient (Wildman–Crippen LogP) is 3.45. The van der Waals surface area contributed by atoms with Gasteiger partial charge in [0.25, 0.3) is 0 Å². The largest absolute Gasteiger partial charge is 0.354 e. The smallest absolute Gasteiger partial charge is 0.223 e. The van der Waals surface area contributed by atoms with Crippen molar-refractivity contribution in [3.8, 4) is 0 Å². The Bertz CT molecular complexity index is 761. The molecule has 0 spiro atoms. The molecule has 24 heavy (non-hydrogen) atoms. The average Bonchev–Trinajstić information content (AvgIpc) is 3.40. The summed E-state index contributed by atoms with van der Waals surface area (Å²) in [5, 5.41) is 7.38. The maximum absolute atomic E-state index is 12.5. The molecule has 1 aliphatic heterocycles. The van der Waals surface area contributed by atoms with Crippen LogP contribution in [0.2, 0.25) is 5.02 Å². The molecule has 1 saturated carbocycles. The molecule has 3 atom stereocenters. The number of benzene rings is 2. The van der Waals surface area contributed by atoms with E-state index in [9.17, 15) is 4.79 Å². The van der Waals surface area contributed by atoms with Gasteiger partial charge in [-0.05, 0) is 54.1 Å². The van der Waals surface area contributed by atoms with Gasteiger partial charge in [0.1, 0.15) is 0 Å². The molecule has 0 radical (unpaired) electrons. The molecule has 4 rings (SSSR count). The maximum atomic E-state index is 12.5. The first-order chi connectivity index (χ1) is 11.7. The molecule has 1 heterocycles. The van der Waals surface area contributed by atoms with E-state index in [1.54, 1.807) is 0 Å². The summed E-state index contributed by atoms with van der Waals surface area (Å²) in [5.74, 6) is 0.558. The Morgan fingerprint density at radius 1 is 1.21 bits per heavy atom. The highest BCUT2D eigenvalue weighted by Crippen LogP contribution is 2.48. The van der Waals surface area contributed by atoms with Crippen LogP contribution in [0.3, 0.4) is 0 Å². The Labute approximate surface area is 147 Å². The summed E-state index contributed by atoms with van der Waals surface area (Å²) in [6, 6.07) is 16.5. The van der Waals surface area contributed by atoms with Crippen LogP contribution in [0, 0.1) is 5.92 Å². The number of nitrogens with one attached hydrogen (secondary N) is 2. The normalized spacial score (nSPS) is 25.0. The Kier molecular flexibility index (Phi) is 4.30. The van der Waals surface area contributed by atoms with Gasteiger partial charge >= 0.3 is 0 Å². The van der Waals surface area contributed by atoms with Gasteiger partial charge in [-0.1, -0.05) is 48.0 Å². The highest BCUT2D eigenvalue weighted by atomic mass is 35.5. The van der Waals surface area contributed by atoms with Crippen molar-refractivity contribution in [1.29, 1.82) is 0 Å². The van der Waals surface area contributed by atoms with Gasteiger partial charge in [0.05, 0.1) is 0 Å². The van der Waals surface area contributed by atoms with Gasteiger partial charge in [0.2, 0.25) is 5.91 Å². The molecule has 1 amide bonds. The third kappa shape index (κ3) is 3.19. The first-order valence-electron chi connectivity index (χ1n) is 8.57. The fourth-order valence-electron chi connectivity index (χ4n) is 3.70. The Morgan fingerprint density at radius 2 is 2.08 bits per heavy atom. The minimum atomic E-state index is 0.0855. The summed E-state index contributed by atoms with van der Waals surface area (Å²) in [5.41, 5.74) is 3.87. The Morgan fingerprint density at radius 3 is 2.96 bits per heavy atom. The molecule has 0 aromatic heterocycles. The number of amides is 1. The van der Waals surface area contributed by atoms with Crippen molar-refractivity contribution >= 4 is 17.5 Å². The van der Waals surface area contributed by atoms with E-state index in [2.05, 4.69) is 41.0 Å². The van der Waals surface area contributed by atoms with Crippen LogP contribution in [0.5, 0.6) is 0 Å². The van der Waals surface area contributed by atoms with Crippen molar-refractivity contribution in [2.75, 3.05) is 13.1 Å². The van der Waals surface area contributed by atoms with Crippen LogP contribution in [-0.2, 0) is 11.2 Å². The van der Waals surface area contributed by atoms with Gasteiger partial charge in [0, 0.05) is 23.5 Å². The lowest BCUT2D eigenvalue weighted by atomic mass is 9.94. The van der Waals surface area contributed by atoms with E-state index < -0.39 is 0 Å². The van der Waals surface area contributed by atoms with Crippen molar-refractivity contribution in [3.05, 3.63) is 70.2 Å². The summed E-state index contributed by atoms with van der Waals surface area (Å²) in [6.07, 6.45) is 1.97. The van der Waals surface area contributed by atoms with Gasteiger partial charge in [-0.15, -0.1) is 0 Å². The predicted molar refractivity (Wildman–Crippen MR) is 96.2 cm³/mol. The van der Waals surface area contributed by atoms with Crippen LogP contribution in [0.1, 0.15) is 35.1 Å². The first-order valence-corrected chi connectivity index (χ1v) is 8.94. The second-order valence-corrected chi connectivity index (χ2v) is 7.14. The van der Waals surface area contributed by atoms with Crippen LogP contribution in [-0.4, -0.2) is 19.0 Å². The Balaban J connectivity index is 1.35. The molecule has 0 bridgehead atoms. The molecule has 2 aliphatic rings. The number of hydrogen-bond donors (Lipinski definition) is 2. The third-order valence-electron chi connectivity index (χ3n) is 5.10. The van der Waals surface area contributed by atoms with Crippen molar-refractivity contribution in [3.63, 3.8) is 0 Å². The fourth-order valence-corrected chi connectivity index (χ4v) is 3.90. The van der Waals surface area contributed by atoms with Gasteiger partial charge in [-0.3, -0.25) is 4.79 Å². The molecule has 0 saturated heterocycles. The second-order valence-electron chi connectivity index (χ2n) is 6.70. The van der Waals surface area contributed by atoms with Gasteiger partial charge in [-0.25, -0.2) is 0 Å². The van der Waals surface area contributed by atoms with Gasteiger partial charge in [0.15, 0.2) is 0 Å². The van der Waals surface area contributed by atoms with E-state index in [1.165, 1.54) is 16.7 Å². The zero-order chi connectivity index (χ0) is 16.5. The van der Waals surface area contributed by atoms with Crippen LogP contribution < -0.4 is 10.6 Å². The highest BCUT2D eigenvalue weighted by Gasteiger charge is 2.44. The van der Waals surface area contributed by atoms with Crippen molar-refractivity contribution in [2.24, 2.45) is 5.92 Å². The standard InChI is InChI=1S/C20H21ClN2O/c21-15-6-3-5-14(10-15)17-11-18(17)20(24)23-12-19-16-7-2-1-4-13(16)8-9-22-19/h1-7,10,17-19,22H,8-9,11-12H2,(H,23,24). The second kappa shape index (κ2) is 6.58. The highest BCUT2D eigenvalue weighted by molar-refractivity contribution is 6.30. The summed E-state index contributed by atoms with van der Waals surface area (Å²) in [6.45, 7) is 1.61. The van der Waals surface area contributed by atoms with E-state index in [-0.39, 0.29) is 17.9 Å². The maximum Gasteiger partial charge on any atom is 0.223 e. The van der Waals surface area contributed by atoms with Crippen molar-refractivity contribution in [2.45, 2.75) is 24.8 Å². The van der Waals surface area contributed by atoms with Crippen molar-refractivity contribution < 1.29 is 4.79 Å². The SMILES string of the molecule is O=C(NCC1NCCc2ccccc21)C1CC1c1cccc(Cl)c1. The van der Waals surface area contributed by atoms with Crippen LogP contribution >= 0.6 is 11.6 Å². The molecule has 4 heteroatoms. The van der Waals surface area contributed by atoms with E-state index in [4.69, 9.17) is 11.6 Å². The fraction of sp³-hybridized carbons (Fsp3) is 0.350. The topological polar surface area (TPSA) is 41.1 Å². The molecule has 3 nitrogen and oxygen atoms in total. The summed E-state index contributed by atoms with van der Waals surface area (Å²) in [4.78, 5) is 12.5. The van der Waals surface area contributed by atoms with E-state index in [0.29, 0.717) is 12.5 Å². The lowest BCUT2D eigenvalue weighted by Gasteiger charge is -2.27. The molecule has 3 unspecified atom stereocenters. The quantitative estimate of drug-likeness (QED) is 0.895. The van der Waals surface area contributed by atoms with Gasteiger partial charge in [-0.2, -0.15) is 0 Å².